The zero-order chi connectivity index (χ0) is 20.6. The van der Waals surface area contributed by atoms with E-state index in [1.54, 1.807) is 5.56 Å². The molecule has 0 amide bonds. The van der Waals surface area contributed by atoms with Crippen LogP contribution in [0.5, 0.6) is 0 Å². The fourth-order valence-corrected chi connectivity index (χ4v) is 4.95. The molecule has 2 nitrogen and oxygen atoms in total. The highest BCUT2D eigenvalue weighted by molar-refractivity contribution is 5.57. The van der Waals surface area contributed by atoms with Gasteiger partial charge >= 0.3 is 0 Å². The lowest BCUT2D eigenvalue weighted by Crippen LogP contribution is -2.21. The van der Waals surface area contributed by atoms with Gasteiger partial charge < -0.3 is 9.72 Å². The molecule has 0 spiro atoms. The number of aromatic amines is 1. The lowest BCUT2D eigenvalue weighted by Gasteiger charge is -2.20. The van der Waals surface area contributed by atoms with Gasteiger partial charge in [0.2, 0.25) is 0 Å². The lowest BCUT2D eigenvalue weighted by molar-refractivity contribution is 0.262. The van der Waals surface area contributed by atoms with Crippen LogP contribution in [-0.4, -0.2) is 4.98 Å². The van der Waals surface area contributed by atoms with Gasteiger partial charge in [0.1, 0.15) is 12.4 Å². The van der Waals surface area contributed by atoms with Gasteiger partial charge in [-0.3, -0.25) is 0 Å². The fourth-order valence-electron chi connectivity index (χ4n) is 4.95. The summed E-state index contributed by atoms with van der Waals surface area (Å²) in [4.78, 5) is 3.73. The normalized spacial score (nSPS) is 17.4. The standard InChI is InChI=1S/C28H37NO/c1-2-3-4-5-6-7-11-16-23-19-20-26(30-21-22-14-9-8-10-15-22)28-27(23)24-17-12-13-18-25(24)29-28/h8-10,14-15,18-20,23,29H,2-7,11-13,16-17,21H2,1H3. The number of ether oxygens (including phenoxy) is 1. The average molecular weight is 404 g/mol. The van der Waals surface area contributed by atoms with Gasteiger partial charge in [0, 0.05) is 11.3 Å². The Kier molecular flexibility index (Phi) is 7.50. The summed E-state index contributed by atoms with van der Waals surface area (Å²) >= 11 is 0. The molecule has 0 radical (unpaired) electrons. The Balaban J connectivity index is 1.47. The molecule has 1 aromatic heterocycles. The van der Waals surface area contributed by atoms with Crippen LogP contribution in [-0.2, 0) is 17.8 Å². The molecule has 2 aromatic rings. The Labute approximate surface area is 181 Å². The Hall–Kier alpha value is -2.22. The highest BCUT2D eigenvalue weighted by Gasteiger charge is 2.23. The Morgan fingerprint density at radius 2 is 1.80 bits per heavy atom. The zero-order valence-corrected chi connectivity index (χ0v) is 18.6. The number of rotatable bonds is 11. The van der Waals surface area contributed by atoms with Crippen molar-refractivity contribution in [3.8, 4) is 0 Å². The van der Waals surface area contributed by atoms with Crippen molar-refractivity contribution in [2.24, 2.45) is 0 Å². The van der Waals surface area contributed by atoms with Gasteiger partial charge in [-0.1, -0.05) is 94.4 Å². The van der Waals surface area contributed by atoms with Gasteiger partial charge in [0.25, 0.3) is 0 Å². The van der Waals surface area contributed by atoms with Gasteiger partial charge in [0.05, 0.1) is 5.35 Å². The van der Waals surface area contributed by atoms with Crippen LogP contribution in [0.1, 0.15) is 93.7 Å². The first kappa shape index (κ1) is 21.0. The molecule has 1 N–H and O–H groups in total. The maximum Gasteiger partial charge on any atom is 0.143 e. The van der Waals surface area contributed by atoms with Crippen LogP contribution in [0.15, 0.2) is 42.5 Å². The van der Waals surface area contributed by atoms with Crippen molar-refractivity contribution in [3.05, 3.63) is 69.9 Å². The van der Waals surface area contributed by atoms with Crippen molar-refractivity contribution < 1.29 is 4.74 Å². The maximum absolute atomic E-state index is 6.29. The largest absolute Gasteiger partial charge is 0.487 e. The summed E-state index contributed by atoms with van der Waals surface area (Å²) in [6.07, 6.45) is 21.5. The minimum Gasteiger partial charge on any atom is -0.487 e. The van der Waals surface area contributed by atoms with Gasteiger partial charge in [-0.15, -0.1) is 0 Å². The molecule has 1 unspecified atom stereocenters. The number of fused-ring (bicyclic) bond motifs is 3. The minimum absolute atomic E-state index is 0.534. The van der Waals surface area contributed by atoms with Crippen molar-refractivity contribution in [1.82, 2.24) is 4.98 Å². The Morgan fingerprint density at radius 1 is 1.00 bits per heavy atom. The molecule has 30 heavy (non-hydrogen) atoms. The SMILES string of the molecule is CCCCCCCCCC1C=CC(OCc2ccccc2)=c2[nH]c3c(c21)CCCC=3. The van der Waals surface area contributed by atoms with Gasteiger partial charge in [-0.05, 0) is 48.4 Å². The van der Waals surface area contributed by atoms with Crippen molar-refractivity contribution in [3.63, 3.8) is 0 Å². The number of aromatic nitrogens is 1. The van der Waals surface area contributed by atoms with Crippen LogP contribution in [0.2, 0.25) is 0 Å². The van der Waals surface area contributed by atoms with E-state index in [1.165, 1.54) is 92.5 Å². The third-order valence-corrected chi connectivity index (χ3v) is 6.61. The summed E-state index contributed by atoms with van der Waals surface area (Å²) < 4.78 is 6.29. The van der Waals surface area contributed by atoms with E-state index in [0.29, 0.717) is 12.5 Å². The maximum atomic E-state index is 6.29. The number of hydrogen-bond acceptors (Lipinski definition) is 1. The monoisotopic (exact) mass is 403 g/mol. The second kappa shape index (κ2) is 10.7. The van der Waals surface area contributed by atoms with E-state index in [2.05, 4.69) is 60.5 Å². The summed E-state index contributed by atoms with van der Waals surface area (Å²) in [6.45, 7) is 2.91. The van der Waals surface area contributed by atoms with Crippen molar-refractivity contribution in [1.29, 1.82) is 0 Å². The number of H-pyrrole nitrogens is 1. The van der Waals surface area contributed by atoms with Crippen LogP contribution in [0.4, 0.5) is 0 Å². The van der Waals surface area contributed by atoms with E-state index >= 15 is 0 Å². The summed E-state index contributed by atoms with van der Waals surface area (Å²) in [6, 6.07) is 10.5. The quantitative estimate of drug-likeness (QED) is 0.441. The zero-order valence-electron chi connectivity index (χ0n) is 18.6. The van der Waals surface area contributed by atoms with Gasteiger partial charge in [-0.25, -0.2) is 0 Å². The summed E-state index contributed by atoms with van der Waals surface area (Å²) in [5.41, 5.74) is 4.29. The van der Waals surface area contributed by atoms with Crippen LogP contribution in [0.25, 0.3) is 11.8 Å². The molecule has 0 bridgehead atoms. The molecule has 2 aliphatic rings. The van der Waals surface area contributed by atoms with Crippen molar-refractivity contribution >= 4 is 11.8 Å². The van der Waals surface area contributed by atoms with E-state index in [0.717, 1.165) is 5.76 Å². The van der Waals surface area contributed by atoms with E-state index in [-0.39, 0.29) is 0 Å². The molecule has 2 heteroatoms. The predicted molar refractivity (Wildman–Crippen MR) is 127 cm³/mol. The third kappa shape index (κ3) is 5.09. The van der Waals surface area contributed by atoms with Crippen molar-refractivity contribution in [2.75, 3.05) is 0 Å². The molecule has 160 valence electrons. The average Bonchev–Trinajstić information content (AvgIpc) is 3.18. The second-order valence-corrected chi connectivity index (χ2v) is 8.92. The predicted octanol–water partition coefficient (Wildman–Crippen LogP) is 6.25. The number of allylic oxidation sites excluding steroid dienone is 1. The second-order valence-electron chi connectivity index (χ2n) is 8.92. The molecule has 2 aliphatic carbocycles. The molecule has 1 atom stereocenters. The topological polar surface area (TPSA) is 25.0 Å². The van der Waals surface area contributed by atoms with E-state index in [9.17, 15) is 0 Å². The van der Waals surface area contributed by atoms with Crippen LogP contribution in [0, 0.1) is 0 Å². The number of nitrogens with one attached hydrogen (secondary N) is 1. The first-order chi connectivity index (χ1) is 14.9. The summed E-state index contributed by atoms with van der Waals surface area (Å²) in [5.74, 6) is 1.54. The Bertz CT molecular complexity index is 951. The van der Waals surface area contributed by atoms with E-state index < -0.39 is 0 Å². The van der Waals surface area contributed by atoms with Crippen LogP contribution < -0.4 is 10.7 Å². The van der Waals surface area contributed by atoms with Gasteiger partial charge in [-0.2, -0.15) is 0 Å². The fraction of sp³-hybridized carbons (Fsp3) is 0.500. The molecule has 0 fully saturated rings. The van der Waals surface area contributed by atoms with E-state index in [4.69, 9.17) is 4.74 Å². The number of unbranched alkanes of at least 4 members (excludes halogenated alkanes) is 6. The number of benzene rings is 1. The molecule has 0 aliphatic heterocycles. The number of hydrogen-bond donors (Lipinski definition) is 1. The summed E-state index contributed by atoms with van der Waals surface area (Å²) in [5, 5.41) is 2.59. The highest BCUT2D eigenvalue weighted by Crippen LogP contribution is 2.29. The summed E-state index contributed by atoms with van der Waals surface area (Å²) in [7, 11) is 0. The van der Waals surface area contributed by atoms with E-state index in [1.807, 2.05) is 0 Å². The first-order valence-corrected chi connectivity index (χ1v) is 12.2. The first-order valence-electron chi connectivity index (χ1n) is 12.2. The molecule has 1 heterocycles. The molecule has 0 saturated heterocycles. The molecule has 0 saturated carbocycles. The lowest BCUT2D eigenvalue weighted by atomic mass is 9.86. The Morgan fingerprint density at radius 3 is 2.63 bits per heavy atom. The van der Waals surface area contributed by atoms with Crippen LogP contribution in [0.3, 0.4) is 0 Å². The smallest absolute Gasteiger partial charge is 0.143 e. The van der Waals surface area contributed by atoms with Gasteiger partial charge in [0.15, 0.2) is 0 Å². The highest BCUT2D eigenvalue weighted by atomic mass is 16.5. The third-order valence-electron chi connectivity index (χ3n) is 6.61. The van der Waals surface area contributed by atoms with Crippen molar-refractivity contribution in [2.45, 2.75) is 90.1 Å². The molecule has 1 aromatic carbocycles. The van der Waals surface area contributed by atoms with Crippen LogP contribution >= 0.6 is 0 Å². The molecular formula is C28H37NO. The minimum atomic E-state index is 0.534. The molecular weight excluding hydrogens is 366 g/mol. The molecule has 4 rings (SSSR count).